The Labute approximate surface area is 192 Å². The summed E-state index contributed by atoms with van der Waals surface area (Å²) in [6, 6.07) is 20.0. The minimum atomic E-state index is -0.644. The van der Waals surface area contributed by atoms with E-state index in [9.17, 15) is 13.6 Å². The zero-order valence-corrected chi connectivity index (χ0v) is 18.5. The highest BCUT2D eigenvalue weighted by Gasteiger charge is 2.14. The molecular formula is C25H19BrF2N2O2. The van der Waals surface area contributed by atoms with Crippen LogP contribution in [-0.4, -0.2) is 10.5 Å². The third kappa shape index (κ3) is 4.73. The van der Waals surface area contributed by atoms with Crippen LogP contribution in [0.25, 0.3) is 5.69 Å². The molecule has 0 atom stereocenters. The first-order valence-corrected chi connectivity index (χ1v) is 10.6. The third-order valence-electron chi connectivity index (χ3n) is 5.10. The van der Waals surface area contributed by atoms with Gasteiger partial charge in [-0.25, -0.2) is 8.78 Å². The van der Waals surface area contributed by atoms with Crippen molar-refractivity contribution in [3.8, 4) is 11.4 Å². The van der Waals surface area contributed by atoms with Crippen molar-refractivity contribution in [1.82, 2.24) is 4.57 Å². The van der Waals surface area contributed by atoms with Gasteiger partial charge in [-0.05, 0) is 60.7 Å². The lowest BCUT2D eigenvalue weighted by Crippen LogP contribution is -2.11. The van der Waals surface area contributed by atoms with Crippen molar-refractivity contribution >= 4 is 21.8 Å². The van der Waals surface area contributed by atoms with E-state index in [0.717, 1.165) is 27.5 Å². The molecule has 4 nitrogen and oxygen atoms in total. The Morgan fingerprint density at radius 1 is 1.00 bits per heavy atom. The number of halogens is 3. The first-order valence-electron chi connectivity index (χ1n) is 9.83. The van der Waals surface area contributed by atoms with E-state index in [1.165, 1.54) is 12.1 Å². The molecule has 0 bridgehead atoms. The number of nitrogens with zero attached hydrogens (tertiary/aromatic N) is 1. The highest BCUT2D eigenvalue weighted by molar-refractivity contribution is 9.10. The van der Waals surface area contributed by atoms with E-state index in [1.807, 2.05) is 53.2 Å². The van der Waals surface area contributed by atoms with Crippen molar-refractivity contribution < 1.29 is 18.3 Å². The summed E-state index contributed by atoms with van der Waals surface area (Å²) in [7, 11) is 0. The lowest BCUT2D eigenvalue weighted by atomic mass is 10.1. The van der Waals surface area contributed by atoms with Gasteiger partial charge in [0.15, 0.2) is 0 Å². The highest BCUT2D eigenvalue weighted by Crippen LogP contribution is 2.31. The van der Waals surface area contributed by atoms with Gasteiger partial charge < -0.3 is 15.0 Å². The van der Waals surface area contributed by atoms with Crippen LogP contribution in [0.15, 0.2) is 83.5 Å². The normalized spacial score (nSPS) is 10.8. The average molecular weight is 497 g/mol. The molecule has 0 aliphatic carbocycles. The van der Waals surface area contributed by atoms with Crippen LogP contribution in [0.5, 0.6) is 5.75 Å². The van der Waals surface area contributed by atoms with Crippen molar-refractivity contribution in [2.24, 2.45) is 5.73 Å². The molecule has 0 aliphatic heterocycles. The molecule has 2 N–H and O–H groups in total. The molecule has 0 saturated carbocycles. The monoisotopic (exact) mass is 496 g/mol. The second-order valence-electron chi connectivity index (χ2n) is 7.20. The summed E-state index contributed by atoms with van der Waals surface area (Å²) in [5, 5.41) is 0. The molecule has 7 heteroatoms. The first kappa shape index (κ1) is 21.8. The Bertz CT molecular complexity index is 1270. The van der Waals surface area contributed by atoms with Gasteiger partial charge in [0.05, 0.1) is 0 Å². The molecule has 0 fully saturated rings. The zero-order valence-electron chi connectivity index (χ0n) is 16.9. The molecule has 1 aromatic heterocycles. The molecule has 32 heavy (non-hydrogen) atoms. The highest BCUT2D eigenvalue weighted by atomic mass is 79.9. The SMILES string of the molecule is NC(=O)c1ccc(-n2cccc2Cc2c(Br)cccc2OCc2ccc(F)cc2F)cc1. The van der Waals surface area contributed by atoms with Gasteiger partial charge in [0.25, 0.3) is 0 Å². The van der Waals surface area contributed by atoms with E-state index in [4.69, 9.17) is 10.5 Å². The van der Waals surface area contributed by atoms with Crippen LogP contribution in [0, 0.1) is 11.6 Å². The Morgan fingerprint density at radius 3 is 2.50 bits per heavy atom. The topological polar surface area (TPSA) is 57.2 Å². The van der Waals surface area contributed by atoms with Gasteiger partial charge in [0.2, 0.25) is 5.91 Å². The second kappa shape index (κ2) is 9.36. The number of rotatable bonds is 7. The van der Waals surface area contributed by atoms with Gasteiger partial charge in [-0.15, -0.1) is 0 Å². The number of hydrogen-bond donors (Lipinski definition) is 1. The van der Waals surface area contributed by atoms with Gasteiger partial charge in [0, 0.05) is 51.2 Å². The molecule has 1 heterocycles. The van der Waals surface area contributed by atoms with Crippen LogP contribution in [0.3, 0.4) is 0 Å². The standard InChI is InChI=1S/C25H19BrF2N2O2/c26-22-4-1-5-24(32-15-17-6-9-18(27)13-23(17)28)21(22)14-20-3-2-12-30(20)19-10-7-16(8-11-19)25(29)31/h1-13H,14-15H2,(H2,29,31). The van der Waals surface area contributed by atoms with Gasteiger partial charge in [-0.1, -0.05) is 22.0 Å². The number of nitrogens with two attached hydrogens (primary N) is 1. The second-order valence-corrected chi connectivity index (χ2v) is 8.05. The largest absolute Gasteiger partial charge is 0.488 e. The smallest absolute Gasteiger partial charge is 0.248 e. The summed E-state index contributed by atoms with van der Waals surface area (Å²) in [6.07, 6.45) is 2.47. The number of amides is 1. The molecule has 1 amide bonds. The van der Waals surface area contributed by atoms with E-state index in [0.29, 0.717) is 17.7 Å². The fraction of sp³-hybridized carbons (Fsp3) is 0.0800. The fourth-order valence-corrected chi connectivity index (χ4v) is 3.91. The maximum atomic E-state index is 14.0. The van der Waals surface area contributed by atoms with Crippen LogP contribution in [0.4, 0.5) is 8.78 Å². The summed E-state index contributed by atoms with van der Waals surface area (Å²) in [5.41, 5.74) is 8.81. The van der Waals surface area contributed by atoms with Crippen molar-refractivity contribution in [2.75, 3.05) is 0 Å². The van der Waals surface area contributed by atoms with Gasteiger partial charge in [-0.2, -0.15) is 0 Å². The van der Waals surface area contributed by atoms with E-state index >= 15 is 0 Å². The Morgan fingerprint density at radius 2 is 1.78 bits per heavy atom. The van der Waals surface area contributed by atoms with Gasteiger partial charge >= 0.3 is 0 Å². The summed E-state index contributed by atoms with van der Waals surface area (Å²) in [6.45, 7) is -0.0227. The molecule has 0 radical (unpaired) electrons. The molecule has 3 aromatic carbocycles. The summed E-state index contributed by atoms with van der Waals surface area (Å²) < 4.78 is 35.9. The minimum Gasteiger partial charge on any atom is -0.488 e. The maximum Gasteiger partial charge on any atom is 0.248 e. The van der Waals surface area contributed by atoms with Crippen LogP contribution in [0.1, 0.15) is 27.2 Å². The zero-order chi connectivity index (χ0) is 22.7. The fourth-order valence-electron chi connectivity index (χ4n) is 3.42. The Kier molecular flexibility index (Phi) is 6.37. The number of ether oxygens (including phenoxy) is 1. The first-order chi connectivity index (χ1) is 15.4. The Hall–Kier alpha value is -3.45. The number of hydrogen-bond acceptors (Lipinski definition) is 2. The number of benzene rings is 3. The van der Waals surface area contributed by atoms with E-state index in [2.05, 4.69) is 15.9 Å². The molecule has 0 unspecified atom stereocenters. The maximum absolute atomic E-state index is 14.0. The predicted octanol–water partition coefficient (Wildman–Crippen LogP) is 5.79. The molecule has 0 saturated heterocycles. The number of carbonyl (C=O) groups excluding carboxylic acids is 1. The van der Waals surface area contributed by atoms with Crippen molar-refractivity contribution in [3.63, 3.8) is 0 Å². The average Bonchev–Trinajstić information content (AvgIpc) is 3.23. The third-order valence-corrected chi connectivity index (χ3v) is 5.84. The quantitative estimate of drug-likeness (QED) is 0.352. The molecule has 162 valence electrons. The summed E-state index contributed by atoms with van der Waals surface area (Å²) in [5.74, 6) is -1.15. The summed E-state index contributed by atoms with van der Waals surface area (Å²) in [4.78, 5) is 11.3. The number of carbonyl (C=O) groups is 1. The van der Waals surface area contributed by atoms with Gasteiger partial charge in [-0.3, -0.25) is 4.79 Å². The van der Waals surface area contributed by atoms with E-state index in [1.54, 1.807) is 12.1 Å². The van der Waals surface area contributed by atoms with Crippen LogP contribution in [0.2, 0.25) is 0 Å². The molecule has 0 aliphatic rings. The molecule has 4 aromatic rings. The van der Waals surface area contributed by atoms with Crippen molar-refractivity contribution in [2.45, 2.75) is 13.0 Å². The molecule has 0 spiro atoms. The summed E-state index contributed by atoms with van der Waals surface area (Å²) >= 11 is 3.59. The Balaban J connectivity index is 1.59. The van der Waals surface area contributed by atoms with Crippen molar-refractivity contribution in [1.29, 1.82) is 0 Å². The van der Waals surface area contributed by atoms with E-state index < -0.39 is 17.5 Å². The predicted molar refractivity (Wildman–Crippen MR) is 122 cm³/mol. The van der Waals surface area contributed by atoms with Crippen LogP contribution >= 0.6 is 15.9 Å². The number of aromatic nitrogens is 1. The van der Waals surface area contributed by atoms with E-state index in [-0.39, 0.29) is 12.2 Å². The molecule has 4 rings (SSSR count). The van der Waals surface area contributed by atoms with Crippen molar-refractivity contribution in [3.05, 3.63) is 117 Å². The molecular weight excluding hydrogens is 478 g/mol. The van der Waals surface area contributed by atoms with Crippen LogP contribution < -0.4 is 10.5 Å². The number of primary amides is 1. The minimum absolute atomic E-state index is 0.0227. The van der Waals surface area contributed by atoms with Crippen LogP contribution in [-0.2, 0) is 13.0 Å². The lowest BCUT2D eigenvalue weighted by Gasteiger charge is -2.15. The lowest BCUT2D eigenvalue weighted by molar-refractivity contribution is 0.100. The van der Waals surface area contributed by atoms with Gasteiger partial charge in [0.1, 0.15) is 24.0 Å².